The maximum Gasteiger partial charge on any atom is 0.227 e. The smallest absolute Gasteiger partial charge is 0.227 e. The third-order valence-electron chi connectivity index (χ3n) is 6.84. The zero-order valence-corrected chi connectivity index (χ0v) is 21.5. The summed E-state index contributed by atoms with van der Waals surface area (Å²) in [5.74, 6) is 0.863. The van der Waals surface area contributed by atoms with Crippen LogP contribution < -0.4 is 15.0 Å². The highest BCUT2D eigenvalue weighted by Gasteiger charge is 2.43. The molecule has 1 atom stereocenters. The molecule has 0 spiro atoms. The fourth-order valence-electron chi connectivity index (χ4n) is 5.25. The highest BCUT2D eigenvalue weighted by Crippen LogP contribution is 2.49. The van der Waals surface area contributed by atoms with Gasteiger partial charge < -0.3 is 10.1 Å². The standard InChI is InChI=1S/C30H38N2O3/c1-5-7-8-17-27(34)32-24-15-11-10-14-22(24)31-23-19-30(3,4)20-25(33)28(23)29(32)21-13-9-12-16-26(21)35-18-6-2/h9-16,29,31H,5-8,17-20H2,1-4H3/t29-/m1/s1. The number of benzene rings is 2. The molecule has 0 saturated heterocycles. The van der Waals surface area contributed by atoms with Gasteiger partial charge in [-0.05, 0) is 42.9 Å². The number of carbonyl (C=O) groups excluding carboxylic acids is 2. The van der Waals surface area contributed by atoms with Crippen LogP contribution in [0.1, 0.15) is 84.2 Å². The van der Waals surface area contributed by atoms with Gasteiger partial charge in [0, 0.05) is 29.7 Å². The van der Waals surface area contributed by atoms with E-state index in [0.717, 1.165) is 60.5 Å². The molecule has 1 amide bonds. The Morgan fingerprint density at radius 1 is 1.03 bits per heavy atom. The largest absolute Gasteiger partial charge is 0.493 e. The average molecular weight is 475 g/mol. The number of rotatable bonds is 8. The highest BCUT2D eigenvalue weighted by molar-refractivity contribution is 6.06. The number of para-hydroxylation sites is 3. The van der Waals surface area contributed by atoms with Gasteiger partial charge in [0.05, 0.1) is 24.0 Å². The van der Waals surface area contributed by atoms with Gasteiger partial charge in [0.2, 0.25) is 5.91 Å². The van der Waals surface area contributed by atoms with E-state index in [1.165, 1.54) is 0 Å². The number of nitrogens with one attached hydrogen (secondary N) is 1. The molecule has 5 nitrogen and oxygen atoms in total. The minimum absolute atomic E-state index is 0.0365. The molecule has 1 aliphatic carbocycles. The number of ether oxygens (including phenoxy) is 1. The van der Waals surface area contributed by atoms with E-state index in [2.05, 4.69) is 33.0 Å². The van der Waals surface area contributed by atoms with Crippen molar-refractivity contribution in [2.75, 3.05) is 16.8 Å². The lowest BCUT2D eigenvalue weighted by Gasteiger charge is -2.37. The molecule has 0 saturated carbocycles. The van der Waals surface area contributed by atoms with Gasteiger partial charge in [-0.1, -0.05) is 70.9 Å². The Morgan fingerprint density at radius 3 is 2.54 bits per heavy atom. The van der Waals surface area contributed by atoms with Gasteiger partial charge in [-0.25, -0.2) is 0 Å². The molecular formula is C30H38N2O3. The van der Waals surface area contributed by atoms with Crippen LogP contribution in [0.2, 0.25) is 0 Å². The Hall–Kier alpha value is -3.08. The maximum atomic E-state index is 13.9. The van der Waals surface area contributed by atoms with Gasteiger partial charge >= 0.3 is 0 Å². The van der Waals surface area contributed by atoms with E-state index in [-0.39, 0.29) is 17.1 Å². The van der Waals surface area contributed by atoms with Crippen molar-refractivity contribution >= 4 is 23.1 Å². The molecule has 0 bridgehead atoms. The van der Waals surface area contributed by atoms with Crippen LogP contribution >= 0.6 is 0 Å². The minimum Gasteiger partial charge on any atom is -0.493 e. The molecule has 1 N–H and O–H groups in total. The number of unbranched alkanes of at least 4 members (excludes halogenated alkanes) is 2. The normalized spacial score (nSPS) is 18.9. The molecule has 35 heavy (non-hydrogen) atoms. The van der Waals surface area contributed by atoms with Crippen LogP contribution in [0.25, 0.3) is 0 Å². The van der Waals surface area contributed by atoms with E-state index in [4.69, 9.17) is 4.74 Å². The van der Waals surface area contributed by atoms with Gasteiger partial charge in [0.25, 0.3) is 0 Å². The molecule has 2 aromatic carbocycles. The van der Waals surface area contributed by atoms with E-state index >= 15 is 0 Å². The molecule has 0 fully saturated rings. The van der Waals surface area contributed by atoms with Gasteiger partial charge in [-0.2, -0.15) is 0 Å². The second-order valence-electron chi connectivity index (χ2n) is 10.5. The number of amides is 1. The van der Waals surface area contributed by atoms with Gasteiger partial charge in [-0.3, -0.25) is 14.5 Å². The van der Waals surface area contributed by atoms with Crippen LogP contribution in [0.15, 0.2) is 59.8 Å². The summed E-state index contributed by atoms with van der Waals surface area (Å²) >= 11 is 0. The third-order valence-corrected chi connectivity index (χ3v) is 6.84. The van der Waals surface area contributed by atoms with Crippen LogP contribution in [0.5, 0.6) is 5.75 Å². The number of nitrogens with zero attached hydrogens (tertiary/aromatic N) is 1. The lowest BCUT2D eigenvalue weighted by Crippen LogP contribution is -2.39. The predicted molar refractivity (Wildman–Crippen MR) is 142 cm³/mol. The second-order valence-corrected chi connectivity index (χ2v) is 10.5. The first-order chi connectivity index (χ1) is 16.9. The summed E-state index contributed by atoms with van der Waals surface area (Å²) in [6.45, 7) is 9.06. The van der Waals surface area contributed by atoms with Crippen LogP contribution in [0, 0.1) is 5.41 Å². The number of hydrogen-bond acceptors (Lipinski definition) is 4. The Kier molecular flexibility index (Phi) is 7.63. The van der Waals surface area contributed by atoms with Crippen molar-refractivity contribution in [3.63, 3.8) is 0 Å². The zero-order valence-electron chi connectivity index (χ0n) is 21.5. The number of hydrogen-bond donors (Lipinski definition) is 1. The van der Waals surface area contributed by atoms with Crippen LogP contribution in [-0.4, -0.2) is 18.3 Å². The van der Waals surface area contributed by atoms with Crippen molar-refractivity contribution in [1.29, 1.82) is 0 Å². The summed E-state index contributed by atoms with van der Waals surface area (Å²) in [6, 6.07) is 15.3. The molecule has 5 heteroatoms. The van der Waals surface area contributed by atoms with Crippen molar-refractivity contribution in [3.05, 3.63) is 65.4 Å². The van der Waals surface area contributed by atoms with Crippen molar-refractivity contribution in [2.45, 2.75) is 78.7 Å². The van der Waals surface area contributed by atoms with Crippen LogP contribution in [0.3, 0.4) is 0 Å². The molecule has 0 unspecified atom stereocenters. The lowest BCUT2D eigenvalue weighted by molar-refractivity contribution is -0.119. The second kappa shape index (κ2) is 10.7. The topological polar surface area (TPSA) is 58.6 Å². The number of Topliss-reactive ketones (excluding diaryl/α,β-unsaturated/α-hetero) is 1. The maximum absolute atomic E-state index is 13.9. The number of carbonyl (C=O) groups is 2. The van der Waals surface area contributed by atoms with Crippen LogP contribution in [0.4, 0.5) is 11.4 Å². The Morgan fingerprint density at radius 2 is 1.77 bits per heavy atom. The molecule has 0 aromatic heterocycles. The van der Waals surface area contributed by atoms with Crippen LogP contribution in [-0.2, 0) is 9.59 Å². The van der Waals surface area contributed by atoms with Gasteiger partial charge in [0.15, 0.2) is 5.78 Å². The molecule has 1 heterocycles. The van der Waals surface area contributed by atoms with Crippen molar-refractivity contribution in [2.24, 2.45) is 5.41 Å². The molecule has 4 rings (SSSR count). The SMILES string of the molecule is CCCCCC(=O)N1c2ccccc2NC2=C(C(=O)CC(C)(C)C2)[C@H]1c1ccccc1OCCC. The average Bonchev–Trinajstić information content (AvgIpc) is 2.96. The summed E-state index contributed by atoms with van der Waals surface area (Å²) in [5.41, 5.74) is 3.99. The zero-order chi connectivity index (χ0) is 25.0. The summed E-state index contributed by atoms with van der Waals surface area (Å²) in [4.78, 5) is 29.6. The Labute approximate surface area is 209 Å². The van der Waals surface area contributed by atoms with Gasteiger partial charge in [0.1, 0.15) is 5.75 Å². The fraction of sp³-hybridized carbons (Fsp3) is 0.467. The number of allylic oxidation sites excluding steroid dienone is 1. The Balaban J connectivity index is 1.94. The minimum atomic E-state index is -0.535. The monoisotopic (exact) mass is 474 g/mol. The number of ketones is 1. The van der Waals surface area contributed by atoms with E-state index in [0.29, 0.717) is 25.0 Å². The molecule has 2 aliphatic rings. The summed E-state index contributed by atoms with van der Waals surface area (Å²) in [7, 11) is 0. The predicted octanol–water partition coefficient (Wildman–Crippen LogP) is 7.20. The molecule has 186 valence electrons. The number of anilines is 2. The first-order valence-electron chi connectivity index (χ1n) is 13.0. The molecule has 2 aromatic rings. The van der Waals surface area contributed by atoms with Crippen molar-refractivity contribution < 1.29 is 14.3 Å². The summed E-state index contributed by atoms with van der Waals surface area (Å²) in [6.07, 6.45) is 5.40. The summed E-state index contributed by atoms with van der Waals surface area (Å²) in [5, 5.41) is 3.59. The third kappa shape index (κ3) is 5.29. The molecular weight excluding hydrogens is 436 g/mol. The molecule has 1 aliphatic heterocycles. The van der Waals surface area contributed by atoms with E-state index in [1.54, 1.807) is 0 Å². The highest BCUT2D eigenvalue weighted by atomic mass is 16.5. The Bertz CT molecular complexity index is 1120. The van der Waals surface area contributed by atoms with Crippen molar-refractivity contribution in [1.82, 2.24) is 0 Å². The lowest BCUT2D eigenvalue weighted by atomic mass is 9.73. The van der Waals surface area contributed by atoms with E-state index < -0.39 is 6.04 Å². The van der Waals surface area contributed by atoms with Gasteiger partial charge in [-0.15, -0.1) is 0 Å². The molecule has 0 radical (unpaired) electrons. The quantitative estimate of drug-likeness (QED) is 0.411. The van der Waals surface area contributed by atoms with E-state index in [1.807, 2.05) is 53.4 Å². The van der Waals surface area contributed by atoms with Crippen molar-refractivity contribution in [3.8, 4) is 5.75 Å². The summed E-state index contributed by atoms with van der Waals surface area (Å²) < 4.78 is 6.16. The fourth-order valence-corrected chi connectivity index (χ4v) is 5.25. The first-order valence-corrected chi connectivity index (χ1v) is 13.0. The first kappa shape index (κ1) is 25.0. The van der Waals surface area contributed by atoms with E-state index in [9.17, 15) is 9.59 Å². The number of fused-ring (bicyclic) bond motifs is 1.